The zero-order valence-electron chi connectivity index (χ0n) is 11.0. The normalized spacial score (nSPS) is 10.2. The van der Waals surface area contributed by atoms with Gasteiger partial charge >= 0.3 is 0 Å². The molecule has 0 aliphatic rings. The number of nitrogens with one attached hydrogen (secondary N) is 1. The van der Waals surface area contributed by atoms with E-state index >= 15 is 0 Å². The number of benzene rings is 2. The molecule has 0 aliphatic heterocycles. The van der Waals surface area contributed by atoms with Crippen molar-refractivity contribution in [1.82, 2.24) is 5.32 Å². The van der Waals surface area contributed by atoms with Gasteiger partial charge in [0.2, 0.25) is 5.91 Å². The summed E-state index contributed by atoms with van der Waals surface area (Å²) < 4.78 is 12.7. The molecule has 2 rings (SSSR count). The van der Waals surface area contributed by atoms with Crippen LogP contribution in [0.5, 0.6) is 5.75 Å². The van der Waals surface area contributed by atoms with Crippen molar-refractivity contribution < 1.29 is 14.3 Å². The van der Waals surface area contributed by atoms with E-state index in [-0.39, 0.29) is 23.9 Å². The van der Waals surface area contributed by atoms with E-state index in [0.717, 1.165) is 11.1 Å². The van der Waals surface area contributed by atoms with E-state index in [4.69, 9.17) is 0 Å². The Balaban J connectivity index is 1.76. The van der Waals surface area contributed by atoms with Crippen molar-refractivity contribution in [1.29, 1.82) is 0 Å². The van der Waals surface area contributed by atoms with Crippen LogP contribution in [0.3, 0.4) is 0 Å². The molecule has 4 heteroatoms. The maximum absolute atomic E-state index is 12.7. The first-order valence-corrected chi connectivity index (χ1v) is 6.42. The van der Waals surface area contributed by atoms with Gasteiger partial charge in [-0.2, -0.15) is 0 Å². The molecule has 0 bridgehead atoms. The van der Waals surface area contributed by atoms with E-state index < -0.39 is 0 Å². The van der Waals surface area contributed by atoms with Crippen molar-refractivity contribution in [2.75, 3.05) is 6.54 Å². The first-order chi connectivity index (χ1) is 9.63. The predicted octanol–water partition coefficient (Wildman–Crippen LogP) is 2.43. The molecule has 2 N–H and O–H groups in total. The van der Waals surface area contributed by atoms with E-state index in [1.54, 1.807) is 30.3 Å². The molecule has 104 valence electrons. The number of phenols is 1. The molecule has 20 heavy (non-hydrogen) atoms. The molecule has 2 aromatic carbocycles. The first kappa shape index (κ1) is 14.1. The van der Waals surface area contributed by atoms with Crippen molar-refractivity contribution in [2.24, 2.45) is 0 Å². The summed E-state index contributed by atoms with van der Waals surface area (Å²) in [4.78, 5) is 11.7. The SMILES string of the molecule is O=C(Cc1ccc(F)cc1)NCCc1cccc(O)c1. The van der Waals surface area contributed by atoms with Crippen LogP contribution in [-0.2, 0) is 17.6 Å². The van der Waals surface area contributed by atoms with Crippen LogP contribution < -0.4 is 5.32 Å². The lowest BCUT2D eigenvalue weighted by atomic mass is 10.1. The molecular formula is C16H16FNO2. The molecule has 0 aliphatic carbocycles. The number of amides is 1. The molecule has 0 atom stereocenters. The van der Waals surface area contributed by atoms with E-state index in [0.29, 0.717) is 13.0 Å². The molecule has 1 amide bonds. The largest absolute Gasteiger partial charge is 0.508 e. The second-order valence-corrected chi connectivity index (χ2v) is 4.57. The highest BCUT2D eigenvalue weighted by Gasteiger charge is 2.03. The molecule has 0 heterocycles. The van der Waals surface area contributed by atoms with Gasteiger partial charge in [0.1, 0.15) is 11.6 Å². The summed E-state index contributed by atoms with van der Waals surface area (Å²) in [6.07, 6.45) is 0.893. The summed E-state index contributed by atoms with van der Waals surface area (Å²) in [5.41, 5.74) is 1.74. The highest BCUT2D eigenvalue weighted by Crippen LogP contribution is 2.10. The minimum atomic E-state index is -0.307. The molecule has 0 fully saturated rings. The molecule has 0 unspecified atom stereocenters. The summed E-state index contributed by atoms with van der Waals surface area (Å²) in [5, 5.41) is 12.1. The fourth-order valence-electron chi connectivity index (χ4n) is 1.91. The zero-order valence-corrected chi connectivity index (χ0v) is 11.0. The second-order valence-electron chi connectivity index (χ2n) is 4.57. The number of phenolic OH excluding ortho intramolecular Hbond substituents is 1. The van der Waals surface area contributed by atoms with Crippen molar-refractivity contribution in [3.63, 3.8) is 0 Å². The maximum Gasteiger partial charge on any atom is 0.224 e. The van der Waals surface area contributed by atoms with E-state index in [2.05, 4.69) is 5.32 Å². The quantitative estimate of drug-likeness (QED) is 0.879. The van der Waals surface area contributed by atoms with Gasteiger partial charge in [-0.05, 0) is 41.8 Å². The average Bonchev–Trinajstić information content (AvgIpc) is 2.41. The maximum atomic E-state index is 12.7. The lowest BCUT2D eigenvalue weighted by molar-refractivity contribution is -0.120. The number of rotatable bonds is 5. The van der Waals surface area contributed by atoms with Crippen LogP contribution in [0, 0.1) is 5.82 Å². The van der Waals surface area contributed by atoms with Crippen LogP contribution in [-0.4, -0.2) is 17.6 Å². The number of halogens is 1. The first-order valence-electron chi connectivity index (χ1n) is 6.42. The van der Waals surface area contributed by atoms with Gasteiger partial charge in [-0.1, -0.05) is 24.3 Å². The molecule has 3 nitrogen and oxygen atoms in total. The van der Waals surface area contributed by atoms with Gasteiger partial charge in [-0.3, -0.25) is 4.79 Å². The Kier molecular flexibility index (Phi) is 4.71. The summed E-state index contributed by atoms with van der Waals surface area (Å²) in [6.45, 7) is 0.503. The lowest BCUT2D eigenvalue weighted by Crippen LogP contribution is -2.27. The van der Waals surface area contributed by atoms with Gasteiger partial charge in [0, 0.05) is 6.54 Å². The van der Waals surface area contributed by atoms with Crippen LogP contribution in [0.15, 0.2) is 48.5 Å². The summed E-state index contributed by atoms with van der Waals surface area (Å²) >= 11 is 0. The minimum Gasteiger partial charge on any atom is -0.508 e. The Labute approximate surface area is 117 Å². The summed E-state index contributed by atoms with van der Waals surface area (Å²) in [7, 11) is 0. The Morgan fingerprint density at radius 1 is 1.10 bits per heavy atom. The van der Waals surface area contributed by atoms with Gasteiger partial charge < -0.3 is 10.4 Å². The van der Waals surface area contributed by atoms with Crippen molar-refractivity contribution >= 4 is 5.91 Å². The van der Waals surface area contributed by atoms with Crippen molar-refractivity contribution in [3.8, 4) is 5.75 Å². The van der Waals surface area contributed by atoms with E-state index in [9.17, 15) is 14.3 Å². The molecular weight excluding hydrogens is 257 g/mol. The third kappa shape index (κ3) is 4.39. The number of aromatic hydroxyl groups is 1. The summed E-state index contributed by atoms with van der Waals surface area (Å²) in [5.74, 6) is -0.185. The number of hydrogen-bond donors (Lipinski definition) is 2. The van der Waals surface area contributed by atoms with Gasteiger partial charge in [-0.15, -0.1) is 0 Å². The van der Waals surface area contributed by atoms with Gasteiger partial charge in [0.25, 0.3) is 0 Å². The molecule has 0 saturated carbocycles. The van der Waals surface area contributed by atoms with Gasteiger partial charge in [0.15, 0.2) is 0 Å². The Bertz CT molecular complexity index is 581. The smallest absolute Gasteiger partial charge is 0.224 e. The fraction of sp³-hybridized carbons (Fsp3) is 0.188. The lowest BCUT2D eigenvalue weighted by Gasteiger charge is -2.06. The highest BCUT2D eigenvalue weighted by atomic mass is 19.1. The van der Waals surface area contributed by atoms with Crippen LogP contribution in [0.1, 0.15) is 11.1 Å². The van der Waals surface area contributed by atoms with Crippen molar-refractivity contribution in [2.45, 2.75) is 12.8 Å². The molecule has 0 radical (unpaired) electrons. The average molecular weight is 273 g/mol. The molecule has 0 aromatic heterocycles. The molecule has 0 saturated heterocycles. The molecule has 2 aromatic rings. The standard InChI is InChI=1S/C16H16FNO2/c17-14-6-4-13(5-7-14)11-16(20)18-9-8-12-2-1-3-15(19)10-12/h1-7,10,19H,8-9,11H2,(H,18,20). The zero-order chi connectivity index (χ0) is 14.4. The van der Waals surface area contributed by atoms with Crippen LogP contribution in [0.4, 0.5) is 4.39 Å². The second kappa shape index (κ2) is 6.70. The van der Waals surface area contributed by atoms with E-state index in [1.807, 2.05) is 6.07 Å². The topological polar surface area (TPSA) is 49.3 Å². The number of carbonyl (C=O) groups is 1. The van der Waals surface area contributed by atoms with Gasteiger partial charge in [-0.25, -0.2) is 4.39 Å². The Morgan fingerprint density at radius 3 is 2.55 bits per heavy atom. The monoisotopic (exact) mass is 273 g/mol. The summed E-state index contributed by atoms with van der Waals surface area (Å²) in [6, 6.07) is 12.8. The minimum absolute atomic E-state index is 0.100. The van der Waals surface area contributed by atoms with Crippen LogP contribution in [0.2, 0.25) is 0 Å². The Morgan fingerprint density at radius 2 is 1.85 bits per heavy atom. The van der Waals surface area contributed by atoms with Crippen LogP contribution >= 0.6 is 0 Å². The fourth-order valence-corrected chi connectivity index (χ4v) is 1.91. The number of hydrogen-bond acceptors (Lipinski definition) is 2. The highest BCUT2D eigenvalue weighted by molar-refractivity contribution is 5.78. The third-order valence-corrected chi connectivity index (χ3v) is 2.92. The molecule has 0 spiro atoms. The van der Waals surface area contributed by atoms with Gasteiger partial charge in [0.05, 0.1) is 6.42 Å². The van der Waals surface area contributed by atoms with E-state index in [1.165, 1.54) is 12.1 Å². The third-order valence-electron chi connectivity index (χ3n) is 2.92. The Hall–Kier alpha value is -2.36. The predicted molar refractivity (Wildman–Crippen MR) is 74.9 cm³/mol. The van der Waals surface area contributed by atoms with Crippen LogP contribution in [0.25, 0.3) is 0 Å². The van der Waals surface area contributed by atoms with Crippen molar-refractivity contribution in [3.05, 3.63) is 65.5 Å². The number of carbonyl (C=O) groups excluding carboxylic acids is 1.